The Kier molecular flexibility index (Phi) is 65.3. The van der Waals surface area contributed by atoms with Crippen molar-refractivity contribution in [3.8, 4) is 0 Å². The van der Waals surface area contributed by atoms with Gasteiger partial charge in [-0.15, -0.1) is 0 Å². The van der Waals surface area contributed by atoms with Crippen LogP contribution in [0.15, 0.2) is 134 Å². The summed E-state index contributed by atoms with van der Waals surface area (Å²) in [6.45, 7) is 6.33. The van der Waals surface area contributed by atoms with Crippen LogP contribution in [-0.4, -0.2) is 37.2 Å². The molecule has 0 aliphatic rings. The second kappa shape index (κ2) is 69.0. The van der Waals surface area contributed by atoms with Crippen molar-refractivity contribution in [3.63, 3.8) is 0 Å². The van der Waals surface area contributed by atoms with E-state index in [4.69, 9.17) is 14.2 Å². The zero-order valence-corrected chi connectivity index (χ0v) is 53.5. The van der Waals surface area contributed by atoms with Crippen LogP contribution in [0.2, 0.25) is 0 Å². The molecule has 0 aliphatic carbocycles. The zero-order valence-electron chi connectivity index (χ0n) is 53.5. The van der Waals surface area contributed by atoms with Crippen LogP contribution in [0.3, 0.4) is 0 Å². The number of allylic oxidation sites excluding steroid dienone is 22. The summed E-state index contributed by atoms with van der Waals surface area (Å²) in [5, 5.41) is 0. The van der Waals surface area contributed by atoms with Gasteiger partial charge in [-0.2, -0.15) is 0 Å². The van der Waals surface area contributed by atoms with Crippen molar-refractivity contribution in [2.24, 2.45) is 0 Å². The second-order valence-electron chi connectivity index (χ2n) is 22.3. The second-order valence-corrected chi connectivity index (χ2v) is 22.3. The van der Waals surface area contributed by atoms with Crippen LogP contribution in [0.5, 0.6) is 0 Å². The summed E-state index contributed by atoms with van der Waals surface area (Å²) < 4.78 is 16.9. The van der Waals surface area contributed by atoms with Crippen molar-refractivity contribution in [2.45, 2.75) is 316 Å². The van der Waals surface area contributed by atoms with E-state index in [-0.39, 0.29) is 37.5 Å². The molecule has 82 heavy (non-hydrogen) atoms. The van der Waals surface area contributed by atoms with Crippen LogP contribution in [0, 0.1) is 0 Å². The van der Waals surface area contributed by atoms with Crippen LogP contribution in [0.25, 0.3) is 0 Å². The first kappa shape index (κ1) is 77.5. The molecule has 0 fully saturated rings. The molecule has 0 spiro atoms. The molecule has 1 unspecified atom stereocenters. The highest BCUT2D eigenvalue weighted by Crippen LogP contribution is 2.17. The molecule has 0 radical (unpaired) electrons. The molecule has 0 rings (SSSR count). The van der Waals surface area contributed by atoms with Gasteiger partial charge >= 0.3 is 17.9 Å². The van der Waals surface area contributed by atoms with Crippen molar-refractivity contribution in [2.75, 3.05) is 13.2 Å². The third-order valence-corrected chi connectivity index (χ3v) is 14.4. The molecule has 6 heteroatoms. The molecule has 0 aromatic rings. The Morgan fingerprint density at radius 3 is 0.780 bits per heavy atom. The predicted octanol–water partition coefficient (Wildman–Crippen LogP) is 23.7. The van der Waals surface area contributed by atoms with Crippen molar-refractivity contribution >= 4 is 17.9 Å². The Morgan fingerprint density at radius 2 is 0.488 bits per heavy atom. The lowest BCUT2D eigenvalue weighted by atomic mass is 10.0. The van der Waals surface area contributed by atoms with Crippen molar-refractivity contribution < 1.29 is 28.6 Å². The van der Waals surface area contributed by atoms with E-state index in [1.54, 1.807) is 0 Å². The maximum absolute atomic E-state index is 12.9. The van der Waals surface area contributed by atoms with Gasteiger partial charge in [-0.1, -0.05) is 302 Å². The van der Waals surface area contributed by atoms with E-state index in [1.165, 1.54) is 135 Å². The molecule has 0 heterocycles. The smallest absolute Gasteiger partial charge is 0.306 e. The minimum absolute atomic E-state index is 0.106. The quantitative estimate of drug-likeness (QED) is 0.0261. The topological polar surface area (TPSA) is 78.9 Å². The van der Waals surface area contributed by atoms with Crippen molar-refractivity contribution in [1.82, 2.24) is 0 Å². The van der Waals surface area contributed by atoms with E-state index in [0.29, 0.717) is 19.3 Å². The average Bonchev–Trinajstić information content (AvgIpc) is 3.48. The van der Waals surface area contributed by atoms with E-state index in [0.717, 1.165) is 128 Å². The third kappa shape index (κ3) is 66.4. The highest BCUT2D eigenvalue weighted by Gasteiger charge is 2.19. The minimum Gasteiger partial charge on any atom is -0.462 e. The van der Waals surface area contributed by atoms with Crippen LogP contribution in [0.1, 0.15) is 310 Å². The number of hydrogen-bond acceptors (Lipinski definition) is 6. The first-order chi connectivity index (χ1) is 40.5. The Hall–Kier alpha value is -4.45. The number of carbonyl (C=O) groups is 3. The van der Waals surface area contributed by atoms with E-state index < -0.39 is 6.10 Å². The highest BCUT2D eigenvalue weighted by molar-refractivity contribution is 5.71. The molecule has 0 aromatic carbocycles. The van der Waals surface area contributed by atoms with Gasteiger partial charge in [0.05, 0.1) is 0 Å². The maximum Gasteiger partial charge on any atom is 0.306 e. The van der Waals surface area contributed by atoms with Gasteiger partial charge in [0, 0.05) is 19.3 Å². The first-order valence-electron chi connectivity index (χ1n) is 34.2. The molecule has 1 atom stereocenters. The Labute approximate surface area is 506 Å². The van der Waals surface area contributed by atoms with E-state index in [2.05, 4.69) is 154 Å². The third-order valence-electron chi connectivity index (χ3n) is 14.4. The van der Waals surface area contributed by atoms with Crippen LogP contribution >= 0.6 is 0 Å². The number of carbonyl (C=O) groups excluding carboxylic acids is 3. The number of ether oxygens (including phenoxy) is 3. The average molecular weight is 1140 g/mol. The summed E-state index contributed by atoms with van der Waals surface area (Å²) in [5.41, 5.74) is 0. The fourth-order valence-corrected chi connectivity index (χ4v) is 9.31. The van der Waals surface area contributed by atoms with Crippen molar-refractivity contribution in [1.29, 1.82) is 0 Å². The minimum atomic E-state index is -0.817. The van der Waals surface area contributed by atoms with Gasteiger partial charge in [0.2, 0.25) is 0 Å². The van der Waals surface area contributed by atoms with Crippen LogP contribution in [0.4, 0.5) is 0 Å². The molecule has 0 aromatic heterocycles. The highest BCUT2D eigenvalue weighted by atomic mass is 16.6. The molecule has 0 saturated carbocycles. The predicted molar refractivity (Wildman–Crippen MR) is 357 cm³/mol. The van der Waals surface area contributed by atoms with Gasteiger partial charge in [0.1, 0.15) is 13.2 Å². The molecule has 466 valence electrons. The lowest BCUT2D eigenvalue weighted by Crippen LogP contribution is -2.30. The van der Waals surface area contributed by atoms with Gasteiger partial charge in [-0.25, -0.2) is 0 Å². The van der Waals surface area contributed by atoms with Crippen LogP contribution in [-0.2, 0) is 28.6 Å². The van der Waals surface area contributed by atoms with Gasteiger partial charge < -0.3 is 14.2 Å². The summed E-state index contributed by atoms with van der Waals surface area (Å²) >= 11 is 0. The summed E-state index contributed by atoms with van der Waals surface area (Å²) in [4.78, 5) is 38.3. The molecular weight excluding hydrogens is 1010 g/mol. The molecule has 6 nitrogen and oxygen atoms in total. The summed E-state index contributed by atoms with van der Waals surface area (Å²) in [6.07, 6.45) is 97.8. The van der Waals surface area contributed by atoms with Gasteiger partial charge in [-0.3, -0.25) is 14.4 Å². The number of rotatable bonds is 61. The first-order valence-corrected chi connectivity index (χ1v) is 34.2. The van der Waals surface area contributed by atoms with E-state index in [9.17, 15) is 14.4 Å². The molecule has 0 aliphatic heterocycles. The molecule has 0 amide bonds. The summed E-state index contributed by atoms with van der Waals surface area (Å²) in [5.74, 6) is -0.972. The van der Waals surface area contributed by atoms with Crippen molar-refractivity contribution in [3.05, 3.63) is 134 Å². The van der Waals surface area contributed by atoms with E-state index in [1.807, 2.05) is 0 Å². The lowest BCUT2D eigenvalue weighted by Gasteiger charge is -2.18. The SMILES string of the molecule is CC/C=C\C/C=C\C/C=C\C/C=C\C/C=C\CCCC(=O)OC(COC(=O)CCCCCCC/C=C\C/C=C\CCCC)COC(=O)CCCCCCCCCCCCCCCCCCCCCC/C=C\C/C=C\C/C=C\C/C=C\CC. The van der Waals surface area contributed by atoms with Gasteiger partial charge in [0.25, 0.3) is 0 Å². The van der Waals surface area contributed by atoms with Gasteiger partial charge in [-0.05, 0) is 122 Å². The molecule has 0 saturated heterocycles. The standard InChI is InChI=1S/C76H126O6/c1-4-7-10-13-16-19-22-25-28-30-31-32-33-34-35-36-37-38-39-40-41-42-43-44-45-47-48-51-54-57-60-63-66-69-75(78)81-72-73(71-80-74(77)68-65-62-59-56-53-50-27-24-21-18-15-12-9-6-3)82-76(79)70-67-64-61-58-55-52-49-46-29-26-23-20-17-14-11-8-5-2/h7-8,10-11,15-20,24-29,31-32,49,52,58,61,73H,4-6,9,12-14,21-23,30,33-48,50-51,53-57,59-60,62-72H2,1-3H3/b10-7-,11-8-,18-15-,19-16-,20-17-,27-24-,28-25-,29-26-,32-31-,52-49-,61-58-. The fraction of sp³-hybridized carbons (Fsp3) is 0.671. The Morgan fingerprint density at radius 1 is 0.256 bits per heavy atom. The largest absolute Gasteiger partial charge is 0.462 e. The Balaban J connectivity index is 4.24. The molecule has 0 bridgehead atoms. The zero-order chi connectivity index (χ0) is 59.2. The normalized spacial score (nSPS) is 13.0. The van der Waals surface area contributed by atoms with Crippen LogP contribution < -0.4 is 0 Å². The fourth-order valence-electron chi connectivity index (χ4n) is 9.31. The molecule has 0 N–H and O–H groups in total. The summed E-state index contributed by atoms with van der Waals surface area (Å²) in [7, 11) is 0. The number of hydrogen-bond donors (Lipinski definition) is 0. The Bertz CT molecular complexity index is 1730. The monoisotopic (exact) mass is 1130 g/mol. The summed E-state index contributed by atoms with van der Waals surface area (Å²) in [6, 6.07) is 0. The number of unbranched alkanes of at least 4 members (excludes halogenated alkanes) is 28. The number of esters is 3. The molecular formula is C76H126O6. The maximum atomic E-state index is 12.9. The lowest BCUT2D eigenvalue weighted by molar-refractivity contribution is -0.167. The van der Waals surface area contributed by atoms with E-state index >= 15 is 0 Å². The van der Waals surface area contributed by atoms with Gasteiger partial charge in [0.15, 0.2) is 6.10 Å².